The highest BCUT2D eigenvalue weighted by Crippen LogP contribution is 2.21. The highest BCUT2D eigenvalue weighted by molar-refractivity contribution is 5.78. The second kappa shape index (κ2) is 8.11. The van der Waals surface area contributed by atoms with Gasteiger partial charge in [0.2, 0.25) is 11.9 Å². The second-order valence-electron chi connectivity index (χ2n) is 6.16. The van der Waals surface area contributed by atoms with Gasteiger partial charge in [-0.2, -0.15) is 0 Å². The third-order valence-electron chi connectivity index (χ3n) is 4.33. The van der Waals surface area contributed by atoms with Crippen molar-refractivity contribution in [3.05, 3.63) is 42.5 Å². The third kappa shape index (κ3) is 4.17. The molecule has 1 aliphatic rings. The van der Waals surface area contributed by atoms with Crippen molar-refractivity contribution in [3.8, 4) is 5.69 Å². The molecule has 0 bridgehead atoms. The largest absolute Gasteiger partial charge is 0.355 e. The first-order valence-corrected chi connectivity index (χ1v) is 8.71. The molecule has 1 N–H and O–H groups in total. The van der Waals surface area contributed by atoms with E-state index in [1.807, 2.05) is 13.0 Å². The molecule has 0 spiro atoms. The number of carbonyl (C=O) groups excluding carboxylic acids is 1. The van der Waals surface area contributed by atoms with Crippen molar-refractivity contribution in [1.29, 1.82) is 0 Å². The maximum atomic E-state index is 14.1. The predicted octanol–water partition coefficient (Wildman–Crippen LogP) is 1.66. The molecule has 0 radical (unpaired) electrons. The van der Waals surface area contributed by atoms with Gasteiger partial charge >= 0.3 is 0 Å². The summed E-state index contributed by atoms with van der Waals surface area (Å²) in [6.07, 6.45) is 4.41. The maximum absolute atomic E-state index is 14.1. The molecular formula is C18H24FN5O. The van der Waals surface area contributed by atoms with Gasteiger partial charge in [-0.3, -0.25) is 14.3 Å². The standard InChI is InChI=1S/C18H24FN5O/c1-2-7-20-17(25)14-22-10-12-23(13-11-22)18-21-8-9-24(18)16-6-4-3-5-15(16)19/h3-6,8-9H,2,7,10-14H2,1H3,(H,20,25). The number of nitrogens with one attached hydrogen (secondary N) is 1. The van der Waals surface area contributed by atoms with Gasteiger partial charge in [-0.1, -0.05) is 19.1 Å². The van der Waals surface area contributed by atoms with Gasteiger partial charge in [-0.25, -0.2) is 9.37 Å². The lowest BCUT2D eigenvalue weighted by Crippen LogP contribution is -2.50. The molecule has 6 nitrogen and oxygen atoms in total. The number of aromatic nitrogens is 2. The van der Waals surface area contributed by atoms with Crippen molar-refractivity contribution in [3.63, 3.8) is 0 Å². The van der Waals surface area contributed by atoms with E-state index < -0.39 is 0 Å². The van der Waals surface area contributed by atoms with E-state index in [2.05, 4.69) is 20.1 Å². The number of para-hydroxylation sites is 1. The summed E-state index contributed by atoms with van der Waals surface area (Å²) in [4.78, 5) is 20.5. The molecule has 134 valence electrons. The van der Waals surface area contributed by atoms with Crippen LogP contribution in [0.2, 0.25) is 0 Å². The molecule has 1 aromatic carbocycles. The number of piperazine rings is 1. The van der Waals surface area contributed by atoms with Crippen molar-refractivity contribution >= 4 is 11.9 Å². The first kappa shape index (κ1) is 17.4. The fourth-order valence-electron chi connectivity index (χ4n) is 2.99. The lowest BCUT2D eigenvalue weighted by atomic mass is 10.3. The summed E-state index contributed by atoms with van der Waals surface area (Å²) in [5, 5.41) is 2.90. The smallest absolute Gasteiger partial charge is 0.234 e. The van der Waals surface area contributed by atoms with E-state index in [1.165, 1.54) is 6.07 Å². The molecule has 0 saturated carbocycles. The van der Waals surface area contributed by atoms with Gasteiger partial charge in [0.05, 0.1) is 12.2 Å². The third-order valence-corrected chi connectivity index (χ3v) is 4.33. The van der Waals surface area contributed by atoms with Crippen LogP contribution in [0.4, 0.5) is 10.3 Å². The SMILES string of the molecule is CCCNC(=O)CN1CCN(c2nccn2-c2ccccc2F)CC1. The van der Waals surface area contributed by atoms with E-state index in [0.717, 1.165) is 45.1 Å². The van der Waals surface area contributed by atoms with Crippen LogP contribution in [0.5, 0.6) is 0 Å². The Morgan fingerprint density at radius 1 is 1.24 bits per heavy atom. The number of hydrogen-bond donors (Lipinski definition) is 1. The van der Waals surface area contributed by atoms with Crippen molar-refractivity contribution in [1.82, 2.24) is 19.8 Å². The van der Waals surface area contributed by atoms with Gasteiger partial charge in [0.25, 0.3) is 0 Å². The minimum absolute atomic E-state index is 0.0724. The number of rotatable bonds is 6. The number of anilines is 1. The first-order valence-electron chi connectivity index (χ1n) is 8.71. The maximum Gasteiger partial charge on any atom is 0.234 e. The molecule has 1 amide bonds. The summed E-state index contributed by atoms with van der Waals surface area (Å²) >= 11 is 0. The molecular weight excluding hydrogens is 321 g/mol. The summed E-state index contributed by atoms with van der Waals surface area (Å²) < 4.78 is 15.9. The lowest BCUT2D eigenvalue weighted by Gasteiger charge is -2.35. The zero-order chi connectivity index (χ0) is 17.6. The van der Waals surface area contributed by atoms with Gasteiger partial charge in [-0.05, 0) is 18.6 Å². The number of benzene rings is 1. The van der Waals surface area contributed by atoms with Gasteiger partial charge in [-0.15, -0.1) is 0 Å². The minimum atomic E-state index is -0.270. The molecule has 0 atom stereocenters. The average molecular weight is 345 g/mol. The highest BCUT2D eigenvalue weighted by Gasteiger charge is 2.22. The predicted molar refractivity (Wildman–Crippen MR) is 95.5 cm³/mol. The van der Waals surface area contributed by atoms with Crippen LogP contribution >= 0.6 is 0 Å². The summed E-state index contributed by atoms with van der Waals surface area (Å²) in [5.74, 6) is 0.538. The average Bonchev–Trinajstić information content (AvgIpc) is 3.10. The molecule has 1 aromatic heterocycles. The number of imidazole rings is 1. The van der Waals surface area contributed by atoms with E-state index in [4.69, 9.17) is 0 Å². The molecule has 2 heterocycles. The number of halogens is 1. The fourth-order valence-corrected chi connectivity index (χ4v) is 2.99. The Labute approximate surface area is 147 Å². The Bertz CT molecular complexity index is 709. The Morgan fingerprint density at radius 2 is 2.00 bits per heavy atom. The number of amides is 1. The molecule has 0 aliphatic carbocycles. The van der Waals surface area contributed by atoms with Gasteiger partial charge in [0, 0.05) is 45.1 Å². The van der Waals surface area contributed by atoms with Crippen LogP contribution in [0.15, 0.2) is 36.7 Å². The normalized spacial score (nSPS) is 15.4. The van der Waals surface area contributed by atoms with Crippen LogP contribution in [0.3, 0.4) is 0 Å². The van der Waals surface area contributed by atoms with Crippen LogP contribution in [-0.4, -0.2) is 59.6 Å². The van der Waals surface area contributed by atoms with Crippen LogP contribution in [0.1, 0.15) is 13.3 Å². The summed E-state index contributed by atoms with van der Waals surface area (Å²) in [6, 6.07) is 6.69. The summed E-state index contributed by atoms with van der Waals surface area (Å²) in [7, 11) is 0. The zero-order valence-corrected chi connectivity index (χ0v) is 14.5. The minimum Gasteiger partial charge on any atom is -0.355 e. The first-order chi connectivity index (χ1) is 12.2. The van der Waals surface area contributed by atoms with Crippen molar-refractivity contribution in [2.24, 2.45) is 0 Å². The van der Waals surface area contributed by atoms with E-state index >= 15 is 0 Å². The van der Waals surface area contributed by atoms with E-state index in [9.17, 15) is 9.18 Å². The van der Waals surface area contributed by atoms with E-state index in [-0.39, 0.29) is 11.7 Å². The Balaban J connectivity index is 1.62. The molecule has 1 aliphatic heterocycles. The fraction of sp³-hybridized carbons (Fsp3) is 0.444. The van der Waals surface area contributed by atoms with Crippen LogP contribution in [-0.2, 0) is 4.79 Å². The molecule has 1 saturated heterocycles. The molecule has 7 heteroatoms. The quantitative estimate of drug-likeness (QED) is 0.865. The monoisotopic (exact) mass is 345 g/mol. The zero-order valence-electron chi connectivity index (χ0n) is 14.5. The lowest BCUT2D eigenvalue weighted by molar-refractivity contribution is -0.122. The van der Waals surface area contributed by atoms with Gasteiger partial charge in [0.1, 0.15) is 5.82 Å². The highest BCUT2D eigenvalue weighted by atomic mass is 19.1. The van der Waals surface area contributed by atoms with E-state index in [0.29, 0.717) is 12.2 Å². The van der Waals surface area contributed by atoms with Crippen molar-refractivity contribution in [2.45, 2.75) is 13.3 Å². The molecule has 1 fully saturated rings. The molecule has 2 aromatic rings. The summed E-state index contributed by atoms with van der Waals surface area (Å²) in [5.41, 5.74) is 0.497. The molecule has 0 unspecified atom stereocenters. The Morgan fingerprint density at radius 3 is 2.72 bits per heavy atom. The van der Waals surface area contributed by atoms with E-state index in [1.54, 1.807) is 29.1 Å². The Kier molecular flexibility index (Phi) is 5.65. The van der Waals surface area contributed by atoms with Crippen molar-refractivity contribution in [2.75, 3.05) is 44.2 Å². The number of hydrogen-bond acceptors (Lipinski definition) is 4. The van der Waals surface area contributed by atoms with Gasteiger partial charge < -0.3 is 10.2 Å². The van der Waals surface area contributed by atoms with Crippen LogP contribution < -0.4 is 10.2 Å². The number of nitrogens with zero attached hydrogens (tertiary/aromatic N) is 4. The van der Waals surface area contributed by atoms with Crippen LogP contribution in [0, 0.1) is 5.82 Å². The second-order valence-corrected chi connectivity index (χ2v) is 6.16. The van der Waals surface area contributed by atoms with Crippen molar-refractivity contribution < 1.29 is 9.18 Å². The Hall–Kier alpha value is -2.41. The molecule has 3 rings (SSSR count). The summed E-state index contributed by atoms with van der Waals surface area (Å²) in [6.45, 7) is 6.26. The molecule has 25 heavy (non-hydrogen) atoms. The topological polar surface area (TPSA) is 53.4 Å². The number of carbonyl (C=O) groups is 1. The van der Waals surface area contributed by atoms with Gasteiger partial charge in [0.15, 0.2) is 0 Å². The van der Waals surface area contributed by atoms with Crippen LogP contribution in [0.25, 0.3) is 5.69 Å².